The molecule has 1 radical (unpaired) electrons. The van der Waals surface area contributed by atoms with Gasteiger partial charge in [0.1, 0.15) is 35.8 Å². The summed E-state index contributed by atoms with van der Waals surface area (Å²) < 4.78 is 3.03. The van der Waals surface area contributed by atoms with Crippen LogP contribution in [0.2, 0.25) is 10.0 Å². The first-order chi connectivity index (χ1) is 41.3. The fourth-order valence-electron chi connectivity index (χ4n) is 11.7. The van der Waals surface area contributed by atoms with E-state index in [9.17, 15) is 29.4 Å². The number of anilines is 2. The molecule has 2 fully saturated rings. The van der Waals surface area contributed by atoms with E-state index in [0.29, 0.717) is 127 Å². The van der Waals surface area contributed by atoms with Crippen LogP contribution < -0.4 is 21.2 Å². The van der Waals surface area contributed by atoms with E-state index in [0.717, 1.165) is 17.3 Å². The molecule has 2 N–H and O–H groups in total. The number of piperazine rings is 2. The number of fused-ring (bicyclic) bond motifs is 2. The number of aromatic nitrogens is 10. The number of rotatable bonds is 13. The quantitative estimate of drug-likeness (QED) is 0.0620. The summed E-state index contributed by atoms with van der Waals surface area (Å²) in [4.78, 5) is 98.1. The number of carbonyl (C=O) groups excluding carboxylic acids is 2. The number of benzene rings is 2. The van der Waals surface area contributed by atoms with E-state index >= 15 is 0 Å². The van der Waals surface area contributed by atoms with Crippen LogP contribution in [0.15, 0.2) is 83.4 Å². The monoisotopic (exact) mass is 1220 g/mol. The van der Waals surface area contributed by atoms with Gasteiger partial charge in [0, 0.05) is 61.5 Å². The Kier molecular flexibility index (Phi) is 18.7. The number of phenols is 2. The highest BCUT2D eigenvalue weighted by Gasteiger charge is 2.36. The molecule has 10 rings (SSSR count). The minimum Gasteiger partial charge on any atom is -0.508 e. The van der Waals surface area contributed by atoms with Gasteiger partial charge in [0.25, 0.3) is 7.41 Å². The van der Waals surface area contributed by atoms with Crippen LogP contribution in [-0.4, -0.2) is 139 Å². The van der Waals surface area contributed by atoms with Gasteiger partial charge in [-0.05, 0) is 119 Å². The van der Waals surface area contributed by atoms with E-state index in [1.54, 1.807) is 60.8 Å². The average Bonchev–Trinajstić information content (AvgIpc) is 0.883. The van der Waals surface area contributed by atoms with E-state index in [4.69, 9.17) is 33.2 Å². The first kappa shape index (κ1) is 63.4. The van der Waals surface area contributed by atoms with Crippen LogP contribution in [-0.2, 0) is 9.59 Å². The Hall–Kier alpha value is -8.14. The zero-order valence-corrected chi connectivity index (χ0v) is 53.2. The molecule has 453 valence electrons. The first-order valence-corrected chi connectivity index (χ1v) is 30.1. The third kappa shape index (κ3) is 12.3. The van der Waals surface area contributed by atoms with E-state index in [2.05, 4.69) is 41.4 Å². The second kappa shape index (κ2) is 25.7. The smallest absolute Gasteiger partial charge is 0.355 e. The summed E-state index contributed by atoms with van der Waals surface area (Å²) in [6, 6.07) is 13.3. The number of hydrogen-bond donors (Lipinski definition) is 2. The number of carbonyl (C=O) groups is 2. The molecular weight excluding hydrogens is 1140 g/mol. The molecule has 20 nitrogen and oxygen atoms in total. The largest absolute Gasteiger partial charge is 0.508 e. The van der Waals surface area contributed by atoms with Gasteiger partial charge in [-0.3, -0.25) is 4.79 Å². The number of pyridine rings is 2. The van der Waals surface area contributed by atoms with Crippen molar-refractivity contribution in [1.29, 1.82) is 0 Å². The lowest BCUT2D eigenvalue weighted by atomic mass is 9.89. The molecule has 6 aromatic heterocycles. The SMILES string of the molecule is C=CC(=O)N1C[C@H](C)N(c2nc(=O)n(-c3c(C(C)C)ncnc3C(C)C)c3nc(-c4cc(O)ccc4C)c(Cl)cc23)C[C@H]1C.Cc1ccc(O)cc1-c1nc2c(cc1Cl)c(N1C[C@@H](C)N([B]C=O)C[C@@H]1C)nc(=O)n2-c1c(C(C)C)ncnc1C(C)C. The summed E-state index contributed by atoms with van der Waals surface area (Å²) in [5, 5.41) is 22.5. The predicted molar refractivity (Wildman–Crippen MR) is 345 cm³/mol. The third-order valence-corrected chi connectivity index (χ3v) is 16.8. The van der Waals surface area contributed by atoms with Crippen LogP contribution in [0.4, 0.5) is 11.6 Å². The molecule has 1 amide bonds. The highest BCUT2D eigenvalue weighted by Crippen LogP contribution is 2.41. The van der Waals surface area contributed by atoms with Crippen LogP contribution in [0, 0.1) is 13.8 Å². The molecule has 0 aliphatic carbocycles. The Morgan fingerprint density at radius 2 is 0.977 bits per heavy atom. The maximum atomic E-state index is 14.3. The van der Waals surface area contributed by atoms with Crippen molar-refractivity contribution < 1.29 is 19.8 Å². The van der Waals surface area contributed by atoms with Crippen molar-refractivity contribution in [3.8, 4) is 45.4 Å². The van der Waals surface area contributed by atoms with Gasteiger partial charge in [0.2, 0.25) is 5.91 Å². The van der Waals surface area contributed by atoms with E-state index in [1.807, 2.05) is 107 Å². The molecule has 0 unspecified atom stereocenters. The lowest BCUT2D eigenvalue weighted by Gasteiger charge is -2.44. The van der Waals surface area contributed by atoms with Crippen molar-refractivity contribution in [1.82, 2.24) is 58.7 Å². The summed E-state index contributed by atoms with van der Waals surface area (Å²) in [5.74, 6) is 0.858. The van der Waals surface area contributed by atoms with Gasteiger partial charge in [-0.25, -0.2) is 48.6 Å². The molecule has 0 spiro atoms. The molecule has 4 atom stereocenters. The number of halogens is 2. The fourth-order valence-corrected chi connectivity index (χ4v) is 12.2. The van der Waals surface area contributed by atoms with Crippen molar-refractivity contribution in [3.63, 3.8) is 0 Å². The van der Waals surface area contributed by atoms with E-state index < -0.39 is 11.4 Å². The van der Waals surface area contributed by atoms with Crippen molar-refractivity contribution in [2.24, 2.45) is 0 Å². The third-order valence-electron chi connectivity index (χ3n) is 16.2. The van der Waals surface area contributed by atoms with E-state index in [1.165, 1.54) is 27.9 Å². The summed E-state index contributed by atoms with van der Waals surface area (Å²) in [5.41, 5.74) is 7.54. The molecule has 8 heterocycles. The van der Waals surface area contributed by atoms with Crippen LogP contribution in [0.25, 0.3) is 56.0 Å². The average molecular weight is 1220 g/mol. The Labute approximate surface area is 517 Å². The molecule has 2 aromatic carbocycles. The number of phenolic OH excluding ortho intramolecular Hbond substituents is 2. The highest BCUT2D eigenvalue weighted by molar-refractivity contribution is 6.64. The molecule has 23 heteroatoms. The van der Waals surface area contributed by atoms with Gasteiger partial charge in [-0.2, -0.15) is 9.97 Å². The summed E-state index contributed by atoms with van der Waals surface area (Å²) in [7, 11) is 1.56. The van der Waals surface area contributed by atoms with Gasteiger partial charge < -0.3 is 34.5 Å². The maximum Gasteiger partial charge on any atom is 0.355 e. The lowest BCUT2D eigenvalue weighted by molar-refractivity contribution is -0.128. The zero-order chi connectivity index (χ0) is 63.2. The van der Waals surface area contributed by atoms with Crippen LogP contribution >= 0.6 is 23.2 Å². The molecular formula is C64H74BCl2N14O6. The second-order valence-electron chi connectivity index (χ2n) is 24.0. The second-order valence-corrected chi connectivity index (χ2v) is 24.8. The molecule has 0 bridgehead atoms. The highest BCUT2D eigenvalue weighted by atomic mass is 35.5. The number of hydrogen-bond acceptors (Lipinski definition) is 17. The summed E-state index contributed by atoms with van der Waals surface area (Å²) in [6.07, 6.45) is 5.18. The molecule has 8 aromatic rings. The topological polar surface area (TPSA) is 235 Å². The molecule has 2 aliphatic rings. The van der Waals surface area contributed by atoms with Crippen LogP contribution in [0.1, 0.15) is 141 Å². The van der Waals surface area contributed by atoms with Crippen molar-refractivity contribution >= 4 is 76.4 Å². The van der Waals surface area contributed by atoms with Crippen molar-refractivity contribution in [2.75, 3.05) is 36.0 Å². The lowest BCUT2D eigenvalue weighted by Crippen LogP contribution is -2.58. The molecule has 0 saturated carbocycles. The zero-order valence-electron chi connectivity index (χ0n) is 51.7. The number of amides is 1. The molecule has 2 saturated heterocycles. The van der Waals surface area contributed by atoms with Crippen LogP contribution in [0.3, 0.4) is 0 Å². The van der Waals surface area contributed by atoms with Crippen LogP contribution in [0.5, 0.6) is 11.5 Å². The van der Waals surface area contributed by atoms with Gasteiger partial charge in [0.15, 0.2) is 11.3 Å². The molecule has 2 aliphatic heterocycles. The molecule has 87 heavy (non-hydrogen) atoms. The van der Waals surface area contributed by atoms with Gasteiger partial charge in [-0.15, -0.1) is 0 Å². The Balaban J connectivity index is 0.000000208. The van der Waals surface area contributed by atoms with Gasteiger partial charge in [-0.1, -0.05) is 97.3 Å². The number of aryl methyl sites for hydroxylation is 2. The first-order valence-electron chi connectivity index (χ1n) is 29.3. The van der Waals surface area contributed by atoms with E-state index in [-0.39, 0.29) is 65.2 Å². The maximum absolute atomic E-state index is 14.3. The minimum absolute atomic E-state index is 0.000870. The summed E-state index contributed by atoms with van der Waals surface area (Å²) >= 11 is 13.9. The Morgan fingerprint density at radius 3 is 1.36 bits per heavy atom. The fraction of sp³-hybridized carbons (Fsp3) is 0.406. The van der Waals surface area contributed by atoms with Gasteiger partial charge in [0.05, 0.1) is 72.5 Å². The Bertz CT molecular complexity index is 4070. The summed E-state index contributed by atoms with van der Waals surface area (Å²) in [6.45, 7) is 33.6. The van der Waals surface area contributed by atoms with Gasteiger partial charge >= 0.3 is 11.4 Å². The predicted octanol–water partition coefficient (Wildman–Crippen LogP) is 10.6. The number of aromatic hydroxyl groups is 2. The minimum atomic E-state index is -0.524. The Morgan fingerprint density at radius 1 is 0.586 bits per heavy atom. The van der Waals surface area contributed by atoms with Crippen molar-refractivity contribution in [3.05, 3.63) is 139 Å². The normalized spacial score (nSPS) is 17.4. The number of nitrogens with zero attached hydrogens (tertiary/aromatic N) is 14. The standard InChI is InChI=1S/C33H38ClN7O3.C31H36BClN7O3/c1-9-26(43)39-14-21(8)40(15-20(39)7)31-24-13-25(34)29(23-12-22(42)11-10-19(23)6)37-32(24)41(33(44)38-31)30-27(17(2)3)35-16-36-28(30)18(4)5;1-16(2)25-28(26(17(3)4)35-15-34-25)40-30-23(11-24(33)27(36-30)22-10-21(42)9-8-18(22)5)29(37-31(40)43)38-12-20(7)39(32-14-41)13-19(38)6/h9-13,16-18,20-21,42H,1,14-15H2,2-8H3;8-11,14-17,19-20,42H,12-13H2,1-7H3/t20-,21+;19-,20+/m10/s1. The van der Waals surface area contributed by atoms with Crippen molar-refractivity contribution in [2.45, 2.75) is 145 Å².